The maximum Gasteiger partial charge on any atom is 0.119 e. The summed E-state index contributed by atoms with van der Waals surface area (Å²) in [7, 11) is 0. The van der Waals surface area contributed by atoms with Crippen LogP contribution < -0.4 is 4.74 Å². The molecular formula is C16H18O3. The molecule has 0 aliphatic rings. The van der Waals surface area contributed by atoms with Gasteiger partial charge in [-0.15, -0.1) is 0 Å². The van der Waals surface area contributed by atoms with Gasteiger partial charge in [-0.1, -0.05) is 30.3 Å². The molecule has 0 aliphatic carbocycles. The third-order valence-electron chi connectivity index (χ3n) is 2.71. The number of para-hydroxylation sites is 1. The summed E-state index contributed by atoms with van der Waals surface area (Å²) in [5.74, 6) is 1.16. The summed E-state index contributed by atoms with van der Waals surface area (Å²) < 4.78 is 11.0. The molecule has 0 unspecified atom stereocenters. The van der Waals surface area contributed by atoms with Crippen LogP contribution in [0, 0.1) is 0 Å². The van der Waals surface area contributed by atoms with Gasteiger partial charge in [0.2, 0.25) is 0 Å². The molecule has 0 atom stereocenters. The van der Waals surface area contributed by atoms with Crippen LogP contribution in [0.4, 0.5) is 0 Å². The highest BCUT2D eigenvalue weighted by Crippen LogP contribution is 2.10. The number of phenolic OH excluding ortho intramolecular Hbond substituents is 1. The summed E-state index contributed by atoms with van der Waals surface area (Å²) in [6, 6.07) is 16.9. The smallest absolute Gasteiger partial charge is 0.119 e. The lowest BCUT2D eigenvalue weighted by molar-refractivity contribution is 0.102. The minimum Gasteiger partial charge on any atom is -0.508 e. The topological polar surface area (TPSA) is 38.7 Å². The summed E-state index contributed by atoms with van der Waals surface area (Å²) >= 11 is 0. The minimum absolute atomic E-state index is 0.293. The summed E-state index contributed by atoms with van der Waals surface area (Å²) in [6.45, 7) is 1.79. The van der Waals surface area contributed by atoms with E-state index in [-0.39, 0.29) is 0 Å². The van der Waals surface area contributed by atoms with Crippen LogP contribution in [0.2, 0.25) is 0 Å². The zero-order valence-electron chi connectivity index (χ0n) is 10.8. The zero-order chi connectivity index (χ0) is 13.3. The van der Waals surface area contributed by atoms with Crippen LogP contribution in [0.5, 0.6) is 11.5 Å². The number of hydrogen-bond acceptors (Lipinski definition) is 3. The Hall–Kier alpha value is -2.00. The van der Waals surface area contributed by atoms with E-state index in [1.165, 1.54) is 0 Å². The molecule has 0 spiro atoms. The number of ether oxygens (including phenoxy) is 2. The molecule has 100 valence electrons. The number of rotatable bonds is 7. The Kier molecular flexibility index (Phi) is 5.26. The molecule has 0 amide bonds. The lowest BCUT2D eigenvalue weighted by Crippen LogP contribution is -2.08. The van der Waals surface area contributed by atoms with Crippen LogP contribution in [-0.2, 0) is 11.2 Å². The number of benzene rings is 2. The quantitative estimate of drug-likeness (QED) is 0.776. The van der Waals surface area contributed by atoms with Crippen LogP contribution in [0.3, 0.4) is 0 Å². The number of hydrogen-bond donors (Lipinski definition) is 1. The molecule has 2 rings (SSSR count). The maximum atomic E-state index is 9.16. The van der Waals surface area contributed by atoms with E-state index in [1.807, 2.05) is 42.5 Å². The fraction of sp³-hybridized carbons (Fsp3) is 0.250. The normalized spacial score (nSPS) is 10.3. The molecule has 0 aromatic heterocycles. The van der Waals surface area contributed by atoms with Crippen LogP contribution in [0.1, 0.15) is 5.56 Å². The summed E-state index contributed by atoms with van der Waals surface area (Å²) in [5, 5.41) is 9.16. The molecule has 0 fully saturated rings. The molecule has 0 saturated heterocycles. The minimum atomic E-state index is 0.293. The molecule has 3 nitrogen and oxygen atoms in total. The largest absolute Gasteiger partial charge is 0.508 e. The molecule has 2 aromatic rings. The van der Waals surface area contributed by atoms with Crippen LogP contribution in [-0.4, -0.2) is 24.9 Å². The van der Waals surface area contributed by atoms with Crippen LogP contribution in [0.15, 0.2) is 54.6 Å². The first-order valence-electron chi connectivity index (χ1n) is 6.38. The summed E-state index contributed by atoms with van der Waals surface area (Å²) in [4.78, 5) is 0. The second-order valence-corrected chi connectivity index (χ2v) is 4.19. The van der Waals surface area contributed by atoms with Crippen molar-refractivity contribution in [3.63, 3.8) is 0 Å². The molecule has 0 aliphatic heterocycles. The SMILES string of the molecule is Oc1ccc(CCOCCOc2ccccc2)cc1. The van der Waals surface area contributed by atoms with E-state index in [9.17, 15) is 0 Å². The lowest BCUT2D eigenvalue weighted by atomic mass is 10.1. The second-order valence-electron chi connectivity index (χ2n) is 4.19. The van der Waals surface area contributed by atoms with Crippen molar-refractivity contribution in [3.05, 3.63) is 60.2 Å². The lowest BCUT2D eigenvalue weighted by Gasteiger charge is -2.07. The number of aromatic hydroxyl groups is 1. The van der Waals surface area contributed by atoms with Crippen molar-refractivity contribution in [2.24, 2.45) is 0 Å². The van der Waals surface area contributed by atoms with Crippen molar-refractivity contribution in [2.75, 3.05) is 19.8 Å². The van der Waals surface area contributed by atoms with Gasteiger partial charge in [0.05, 0.1) is 13.2 Å². The van der Waals surface area contributed by atoms with Gasteiger partial charge in [-0.3, -0.25) is 0 Å². The van der Waals surface area contributed by atoms with Gasteiger partial charge in [0.25, 0.3) is 0 Å². The van der Waals surface area contributed by atoms with Crippen molar-refractivity contribution in [3.8, 4) is 11.5 Å². The first-order valence-corrected chi connectivity index (χ1v) is 6.38. The van der Waals surface area contributed by atoms with Crippen molar-refractivity contribution in [1.82, 2.24) is 0 Å². The third-order valence-corrected chi connectivity index (χ3v) is 2.71. The first-order chi connectivity index (χ1) is 9.34. The Morgan fingerprint density at radius 3 is 2.26 bits per heavy atom. The highest BCUT2D eigenvalue weighted by Gasteiger charge is 1.95. The van der Waals surface area contributed by atoms with Gasteiger partial charge in [-0.25, -0.2) is 0 Å². The predicted octanol–water partition coefficient (Wildman–Crippen LogP) is 3.03. The van der Waals surface area contributed by atoms with Gasteiger partial charge in [0, 0.05) is 0 Å². The third kappa shape index (κ3) is 5.02. The van der Waals surface area contributed by atoms with Crippen LogP contribution >= 0.6 is 0 Å². The highest BCUT2D eigenvalue weighted by atomic mass is 16.5. The van der Waals surface area contributed by atoms with Gasteiger partial charge in [-0.05, 0) is 36.2 Å². The second kappa shape index (κ2) is 7.44. The predicted molar refractivity (Wildman–Crippen MR) is 74.6 cm³/mol. The van der Waals surface area contributed by atoms with Crippen molar-refractivity contribution in [2.45, 2.75) is 6.42 Å². The molecule has 0 saturated carbocycles. The van der Waals surface area contributed by atoms with Gasteiger partial charge in [0.15, 0.2) is 0 Å². The molecule has 19 heavy (non-hydrogen) atoms. The Morgan fingerprint density at radius 1 is 0.789 bits per heavy atom. The first kappa shape index (κ1) is 13.4. The molecule has 2 aromatic carbocycles. The summed E-state index contributed by atoms with van der Waals surface area (Å²) in [6.07, 6.45) is 0.839. The van der Waals surface area contributed by atoms with Crippen molar-refractivity contribution >= 4 is 0 Å². The summed E-state index contributed by atoms with van der Waals surface area (Å²) in [5.41, 5.74) is 1.15. The Balaban J connectivity index is 1.56. The molecular weight excluding hydrogens is 240 g/mol. The van der Waals surface area contributed by atoms with Gasteiger partial charge in [-0.2, -0.15) is 0 Å². The van der Waals surface area contributed by atoms with E-state index in [4.69, 9.17) is 14.6 Å². The molecule has 3 heteroatoms. The maximum absolute atomic E-state index is 9.16. The fourth-order valence-corrected chi connectivity index (χ4v) is 1.69. The van der Waals surface area contributed by atoms with E-state index < -0.39 is 0 Å². The average molecular weight is 258 g/mol. The van der Waals surface area contributed by atoms with E-state index >= 15 is 0 Å². The fourth-order valence-electron chi connectivity index (χ4n) is 1.69. The Bertz CT molecular complexity index is 465. The Labute approximate surface area is 113 Å². The van der Waals surface area contributed by atoms with Crippen molar-refractivity contribution in [1.29, 1.82) is 0 Å². The molecule has 0 radical (unpaired) electrons. The van der Waals surface area contributed by atoms with E-state index in [0.29, 0.717) is 25.6 Å². The zero-order valence-corrected chi connectivity index (χ0v) is 10.8. The molecule has 1 N–H and O–H groups in total. The van der Waals surface area contributed by atoms with Crippen molar-refractivity contribution < 1.29 is 14.6 Å². The molecule has 0 heterocycles. The van der Waals surface area contributed by atoms with Crippen LogP contribution in [0.25, 0.3) is 0 Å². The van der Waals surface area contributed by atoms with E-state index in [0.717, 1.165) is 17.7 Å². The monoisotopic (exact) mass is 258 g/mol. The van der Waals surface area contributed by atoms with Gasteiger partial charge in [0.1, 0.15) is 18.1 Å². The molecule has 0 bridgehead atoms. The van der Waals surface area contributed by atoms with Gasteiger partial charge < -0.3 is 14.6 Å². The number of phenols is 1. The van der Waals surface area contributed by atoms with Gasteiger partial charge >= 0.3 is 0 Å². The Morgan fingerprint density at radius 2 is 1.53 bits per heavy atom. The average Bonchev–Trinajstić information content (AvgIpc) is 2.46. The standard InChI is InChI=1S/C16H18O3/c17-15-8-6-14(7-9-15)10-11-18-12-13-19-16-4-2-1-3-5-16/h1-9,17H,10-13H2. The van der Waals surface area contributed by atoms with E-state index in [1.54, 1.807) is 12.1 Å². The van der Waals surface area contributed by atoms with E-state index in [2.05, 4.69) is 0 Å². The highest BCUT2D eigenvalue weighted by molar-refractivity contribution is 5.25.